The molecule has 0 N–H and O–H groups in total. The summed E-state index contributed by atoms with van der Waals surface area (Å²) in [7, 11) is 0. The van der Waals surface area contributed by atoms with E-state index in [4.69, 9.17) is 27.9 Å². The van der Waals surface area contributed by atoms with Crippen LogP contribution in [-0.2, 0) is 0 Å². The topological polar surface area (TPSA) is 35.0 Å². The molecular formula is C20H11Cl2FN2O. The molecule has 6 heteroatoms. The lowest BCUT2D eigenvalue weighted by Crippen LogP contribution is -1.93. The molecule has 1 heterocycles. The Kier molecular flexibility index (Phi) is 4.45. The Labute approximate surface area is 159 Å². The van der Waals surface area contributed by atoms with Gasteiger partial charge in [0, 0.05) is 10.9 Å². The average Bonchev–Trinajstić information content (AvgIpc) is 2.64. The summed E-state index contributed by atoms with van der Waals surface area (Å²) in [5, 5.41) is 0.933. The van der Waals surface area contributed by atoms with Crippen LogP contribution in [0, 0.1) is 5.82 Å². The van der Waals surface area contributed by atoms with Gasteiger partial charge in [-0.1, -0.05) is 41.9 Å². The highest BCUT2D eigenvalue weighted by Gasteiger charge is 2.14. The third kappa shape index (κ3) is 3.34. The number of ether oxygens (including phenoxy) is 1. The highest BCUT2D eigenvalue weighted by atomic mass is 35.5. The Morgan fingerprint density at radius 1 is 0.808 bits per heavy atom. The number of hydrogen-bond donors (Lipinski definition) is 0. The highest BCUT2D eigenvalue weighted by molar-refractivity contribution is 6.36. The fourth-order valence-corrected chi connectivity index (χ4v) is 3.12. The number of hydrogen-bond acceptors (Lipinski definition) is 3. The second-order valence-corrected chi connectivity index (χ2v) is 6.27. The van der Waals surface area contributed by atoms with Crippen LogP contribution in [0.4, 0.5) is 4.39 Å². The van der Waals surface area contributed by atoms with Gasteiger partial charge in [-0.2, -0.15) is 0 Å². The molecule has 0 atom stereocenters. The normalized spacial score (nSPS) is 10.9. The van der Waals surface area contributed by atoms with E-state index in [0.29, 0.717) is 22.4 Å². The minimum atomic E-state index is -0.327. The standard InChI is InChI=1S/C20H11Cl2FN2O/c21-19-17-11-15(26-14-8-6-13(23)7-9-14)10-16(12-4-2-1-3-5-12)18(17)24-20(22)25-19/h1-11H. The molecule has 0 unspecified atom stereocenters. The molecule has 1 aromatic heterocycles. The number of nitrogens with zero attached hydrogens (tertiary/aromatic N) is 2. The highest BCUT2D eigenvalue weighted by Crippen LogP contribution is 2.36. The molecule has 0 amide bonds. The zero-order valence-corrected chi connectivity index (χ0v) is 14.8. The van der Waals surface area contributed by atoms with Gasteiger partial charge >= 0.3 is 0 Å². The third-order valence-corrected chi connectivity index (χ3v) is 4.29. The van der Waals surface area contributed by atoms with Crippen LogP contribution in [0.2, 0.25) is 10.4 Å². The number of fused-ring (bicyclic) bond motifs is 1. The first-order valence-corrected chi connectivity index (χ1v) is 8.51. The molecule has 0 bridgehead atoms. The molecule has 3 aromatic carbocycles. The second kappa shape index (κ2) is 6.90. The van der Waals surface area contributed by atoms with Gasteiger partial charge in [0.25, 0.3) is 0 Å². The minimum Gasteiger partial charge on any atom is -0.457 e. The predicted molar refractivity (Wildman–Crippen MR) is 101 cm³/mol. The van der Waals surface area contributed by atoms with Gasteiger partial charge in [0.2, 0.25) is 5.28 Å². The molecule has 0 saturated heterocycles. The zero-order chi connectivity index (χ0) is 18.1. The minimum absolute atomic E-state index is 0.0758. The van der Waals surface area contributed by atoms with Gasteiger partial charge in [0.1, 0.15) is 22.5 Å². The van der Waals surface area contributed by atoms with Crippen LogP contribution in [0.1, 0.15) is 0 Å². The molecule has 26 heavy (non-hydrogen) atoms. The van der Waals surface area contributed by atoms with Crippen LogP contribution in [0.25, 0.3) is 22.0 Å². The van der Waals surface area contributed by atoms with Crippen molar-refractivity contribution in [3.63, 3.8) is 0 Å². The molecule has 4 aromatic rings. The van der Waals surface area contributed by atoms with Gasteiger partial charge in [-0.15, -0.1) is 0 Å². The van der Waals surface area contributed by atoms with Gasteiger partial charge in [0.15, 0.2) is 0 Å². The van der Waals surface area contributed by atoms with Gasteiger partial charge < -0.3 is 4.74 Å². The first kappa shape index (κ1) is 16.8. The summed E-state index contributed by atoms with van der Waals surface area (Å²) in [5.74, 6) is 0.721. The van der Waals surface area contributed by atoms with Crippen molar-refractivity contribution in [2.45, 2.75) is 0 Å². The van der Waals surface area contributed by atoms with Crippen molar-refractivity contribution >= 4 is 34.1 Å². The molecule has 0 spiro atoms. The maximum Gasteiger partial charge on any atom is 0.224 e. The summed E-state index contributed by atoms with van der Waals surface area (Å²) in [5.41, 5.74) is 2.38. The van der Waals surface area contributed by atoms with Crippen molar-refractivity contribution in [1.29, 1.82) is 0 Å². The van der Waals surface area contributed by atoms with E-state index < -0.39 is 0 Å². The van der Waals surface area contributed by atoms with Crippen molar-refractivity contribution < 1.29 is 9.13 Å². The number of aromatic nitrogens is 2. The summed E-state index contributed by atoms with van der Waals surface area (Å²) in [6, 6.07) is 19.1. The Bertz CT molecular complexity index is 1090. The molecule has 3 nitrogen and oxygen atoms in total. The van der Waals surface area contributed by atoms with E-state index in [1.54, 1.807) is 18.2 Å². The van der Waals surface area contributed by atoms with Crippen LogP contribution in [0.3, 0.4) is 0 Å². The van der Waals surface area contributed by atoms with Crippen LogP contribution >= 0.6 is 23.2 Å². The van der Waals surface area contributed by atoms with Crippen molar-refractivity contribution in [3.8, 4) is 22.6 Å². The zero-order valence-electron chi connectivity index (χ0n) is 13.3. The first-order valence-electron chi connectivity index (χ1n) is 7.76. The SMILES string of the molecule is Fc1ccc(Oc2cc(-c3ccccc3)c3nc(Cl)nc(Cl)c3c2)cc1. The monoisotopic (exact) mass is 384 g/mol. The lowest BCUT2D eigenvalue weighted by molar-refractivity contribution is 0.481. The molecule has 128 valence electrons. The summed E-state index contributed by atoms with van der Waals surface area (Å²) < 4.78 is 19.0. The molecule has 0 aliphatic rings. The van der Waals surface area contributed by atoms with E-state index in [2.05, 4.69) is 9.97 Å². The average molecular weight is 385 g/mol. The number of halogens is 3. The van der Waals surface area contributed by atoms with Crippen molar-refractivity contribution in [2.24, 2.45) is 0 Å². The largest absolute Gasteiger partial charge is 0.457 e. The maximum absolute atomic E-state index is 13.1. The molecule has 4 rings (SSSR count). The summed E-state index contributed by atoms with van der Waals surface area (Å²) in [6.07, 6.45) is 0. The van der Waals surface area contributed by atoms with Crippen LogP contribution in [0.5, 0.6) is 11.5 Å². The third-order valence-electron chi connectivity index (χ3n) is 3.83. The van der Waals surface area contributed by atoms with Crippen LogP contribution in [0.15, 0.2) is 66.7 Å². The number of benzene rings is 3. The smallest absolute Gasteiger partial charge is 0.224 e. The number of rotatable bonds is 3. The Hall–Kier alpha value is -2.69. The summed E-state index contributed by atoms with van der Waals surface area (Å²) in [4.78, 5) is 8.35. The van der Waals surface area contributed by atoms with E-state index >= 15 is 0 Å². The van der Waals surface area contributed by atoms with E-state index in [-0.39, 0.29) is 16.3 Å². The molecule has 0 aliphatic heterocycles. The van der Waals surface area contributed by atoms with Gasteiger partial charge in [0.05, 0.1) is 5.52 Å². The molecule has 0 radical (unpaired) electrons. The van der Waals surface area contributed by atoms with E-state index in [1.807, 2.05) is 36.4 Å². The van der Waals surface area contributed by atoms with Crippen molar-refractivity contribution in [2.75, 3.05) is 0 Å². The summed E-state index contributed by atoms with van der Waals surface area (Å²) in [6.45, 7) is 0. The molecule has 0 aliphatic carbocycles. The Morgan fingerprint density at radius 2 is 1.54 bits per heavy atom. The quantitative estimate of drug-likeness (QED) is 0.297. The van der Waals surface area contributed by atoms with E-state index in [9.17, 15) is 4.39 Å². The fraction of sp³-hybridized carbons (Fsp3) is 0. The first-order chi connectivity index (χ1) is 12.6. The van der Waals surface area contributed by atoms with E-state index in [0.717, 1.165) is 11.1 Å². The lowest BCUT2D eigenvalue weighted by Gasteiger charge is -2.12. The van der Waals surface area contributed by atoms with Crippen molar-refractivity contribution in [1.82, 2.24) is 9.97 Å². The predicted octanol–water partition coefficient (Wildman–Crippen LogP) is 6.54. The fourth-order valence-electron chi connectivity index (χ4n) is 2.68. The lowest BCUT2D eigenvalue weighted by atomic mass is 10.0. The Morgan fingerprint density at radius 3 is 2.27 bits per heavy atom. The van der Waals surface area contributed by atoms with E-state index in [1.165, 1.54) is 12.1 Å². The van der Waals surface area contributed by atoms with Gasteiger partial charge in [-0.05, 0) is 53.6 Å². The second-order valence-electron chi connectivity index (χ2n) is 5.57. The maximum atomic E-state index is 13.1. The summed E-state index contributed by atoms with van der Waals surface area (Å²) >= 11 is 12.3. The van der Waals surface area contributed by atoms with Crippen LogP contribution < -0.4 is 4.74 Å². The molecule has 0 saturated carbocycles. The van der Waals surface area contributed by atoms with Gasteiger partial charge in [-0.25, -0.2) is 14.4 Å². The Balaban J connectivity index is 1.91. The molecular weight excluding hydrogens is 374 g/mol. The molecule has 0 fully saturated rings. The van der Waals surface area contributed by atoms with Crippen molar-refractivity contribution in [3.05, 3.63) is 83.0 Å². The van der Waals surface area contributed by atoms with Crippen LogP contribution in [-0.4, -0.2) is 9.97 Å². The van der Waals surface area contributed by atoms with Gasteiger partial charge in [-0.3, -0.25) is 0 Å².